The predicted octanol–water partition coefficient (Wildman–Crippen LogP) is 2.86. The Labute approximate surface area is 157 Å². The van der Waals surface area contributed by atoms with Crippen molar-refractivity contribution in [1.29, 1.82) is 0 Å². The van der Waals surface area contributed by atoms with Crippen molar-refractivity contribution in [2.45, 2.75) is 10.6 Å². The van der Waals surface area contributed by atoms with Crippen molar-refractivity contribution in [1.82, 2.24) is 0 Å². The van der Waals surface area contributed by atoms with Gasteiger partial charge in [0.2, 0.25) is 0 Å². The number of nitrogens with zero attached hydrogens (tertiary/aromatic N) is 1. The Morgan fingerprint density at radius 2 is 1.93 bits per heavy atom. The molecule has 140 valence electrons. The number of nitro groups is 1. The lowest BCUT2D eigenvalue weighted by atomic mass is 10.2. The first kappa shape index (κ1) is 18.8. The van der Waals surface area contributed by atoms with Gasteiger partial charge >= 0.3 is 5.69 Å². The second-order valence-corrected chi connectivity index (χ2v) is 8.62. The molecule has 2 aromatic carbocycles. The van der Waals surface area contributed by atoms with Crippen LogP contribution in [0.5, 0.6) is 11.5 Å². The van der Waals surface area contributed by atoms with Crippen molar-refractivity contribution in [2.24, 2.45) is 0 Å². The minimum atomic E-state index is -4.04. The fraction of sp³-hybridized carbons (Fsp3) is 0.118. The average molecular weight is 407 g/mol. The Balaban J connectivity index is 2.05. The van der Waals surface area contributed by atoms with Gasteiger partial charge in [-0.25, -0.2) is 8.42 Å². The van der Waals surface area contributed by atoms with Crippen molar-refractivity contribution >= 4 is 36.9 Å². The molecule has 0 aliphatic rings. The van der Waals surface area contributed by atoms with Crippen LogP contribution in [0.2, 0.25) is 0 Å². The number of nitro benzene ring substituents is 1. The van der Waals surface area contributed by atoms with Gasteiger partial charge in [-0.2, -0.15) is 0 Å². The molecule has 0 saturated heterocycles. The van der Waals surface area contributed by atoms with Crippen molar-refractivity contribution in [3.8, 4) is 11.5 Å². The van der Waals surface area contributed by atoms with Crippen LogP contribution >= 0.6 is 11.3 Å². The molecular formula is C17H13NO7S2. The van der Waals surface area contributed by atoms with Gasteiger partial charge in [0.05, 0.1) is 17.8 Å². The number of rotatable bonds is 5. The second kappa shape index (κ2) is 6.97. The molecule has 0 bridgehead atoms. The molecule has 1 N–H and O–H groups in total. The molecule has 0 spiro atoms. The van der Waals surface area contributed by atoms with E-state index in [1.807, 2.05) is 0 Å². The molecule has 0 saturated carbocycles. The number of fused-ring (bicyclic) bond motifs is 1. The summed E-state index contributed by atoms with van der Waals surface area (Å²) in [6.45, 7) is 0. The summed E-state index contributed by atoms with van der Waals surface area (Å²) < 4.78 is 30.1. The molecule has 1 aromatic heterocycles. The van der Waals surface area contributed by atoms with Crippen LogP contribution in [-0.2, 0) is 15.6 Å². The van der Waals surface area contributed by atoms with E-state index in [0.717, 1.165) is 6.07 Å². The number of hydrogen-bond acceptors (Lipinski definition) is 8. The van der Waals surface area contributed by atoms with Crippen molar-refractivity contribution in [2.75, 3.05) is 7.11 Å². The molecule has 0 radical (unpaired) electrons. The molecule has 0 amide bonds. The second-order valence-electron chi connectivity index (χ2n) is 5.64. The van der Waals surface area contributed by atoms with Crippen molar-refractivity contribution in [3.63, 3.8) is 0 Å². The highest BCUT2D eigenvalue weighted by molar-refractivity contribution is 7.90. The van der Waals surface area contributed by atoms with Crippen LogP contribution in [0.3, 0.4) is 0 Å². The number of ether oxygens (including phenoxy) is 1. The molecule has 0 unspecified atom stereocenters. The Morgan fingerprint density at radius 3 is 2.59 bits per heavy atom. The first-order valence-electron chi connectivity index (χ1n) is 7.52. The molecule has 3 rings (SSSR count). The van der Waals surface area contributed by atoms with E-state index in [-0.39, 0.29) is 27.6 Å². The minimum absolute atomic E-state index is 0.0124. The van der Waals surface area contributed by atoms with Gasteiger partial charge < -0.3 is 9.84 Å². The molecule has 0 atom stereocenters. The van der Waals surface area contributed by atoms with Crippen LogP contribution < -0.4 is 9.48 Å². The molecule has 10 heteroatoms. The van der Waals surface area contributed by atoms with Crippen LogP contribution in [0, 0.1) is 10.1 Å². The summed E-state index contributed by atoms with van der Waals surface area (Å²) in [7, 11) is -2.76. The molecule has 1 heterocycles. The Kier molecular flexibility index (Phi) is 4.85. The lowest BCUT2D eigenvalue weighted by Gasteiger charge is -2.07. The zero-order valence-electron chi connectivity index (χ0n) is 13.9. The highest BCUT2D eigenvalue weighted by Gasteiger charge is 2.23. The third-order valence-corrected chi connectivity index (χ3v) is 6.61. The topological polar surface area (TPSA) is 124 Å². The number of methoxy groups -OCH3 is 1. The largest absolute Gasteiger partial charge is 0.508 e. The molecular weight excluding hydrogens is 394 g/mol. The van der Waals surface area contributed by atoms with Crippen LogP contribution in [0.25, 0.3) is 10.1 Å². The number of benzene rings is 2. The first-order chi connectivity index (χ1) is 12.7. The van der Waals surface area contributed by atoms with E-state index in [1.165, 1.54) is 43.5 Å². The van der Waals surface area contributed by atoms with Gasteiger partial charge in [0.15, 0.2) is 15.6 Å². The number of phenolic OH excluding ortho intramolecular Hbond substituents is 1. The smallest absolute Gasteiger partial charge is 0.311 e. The highest BCUT2D eigenvalue weighted by Crippen LogP contribution is 2.30. The van der Waals surface area contributed by atoms with E-state index in [9.17, 15) is 28.4 Å². The van der Waals surface area contributed by atoms with Crippen molar-refractivity contribution < 1.29 is 23.2 Å². The maximum Gasteiger partial charge on any atom is 0.311 e. The standard InChI is InChI=1S/C17H13NO7S2/c1-25-14-5-2-10(6-13(14)18(21)22)9-27(23,24)16-7-11-3-4-12(19)8-15(11)26-17(16)20/h2-8,19H,9H2,1H3. The van der Waals surface area contributed by atoms with E-state index in [2.05, 4.69) is 0 Å². The third kappa shape index (κ3) is 3.76. The fourth-order valence-electron chi connectivity index (χ4n) is 2.56. The van der Waals surface area contributed by atoms with Gasteiger partial charge in [-0.3, -0.25) is 14.9 Å². The number of hydrogen-bond donors (Lipinski definition) is 1. The summed E-state index contributed by atoms with van der Waals surface area (Å²) in [4.78, 5) is 22.3. The zero-order valence-corrected chi connectivity index (χ0v) is 15.5. The molecule has 0 aliphatic heterocycles. The van der Waals surface area contributed by atoms with Gasteiger partial charge in [-0.15, -0.1) is 0 Å². The Morgan fingerprint density at radius 1 is 1.19 bits per heavy atom. The van der Waals surface area contributed by atoms with Gasteiger partial charge in [-0.1, -0.05) is 17.4 Å². The van der Waals surface area contributed by atoms with Crippen LogP contribution in [0.1, 0.15) is 5.56 Å². The summed E-state index contributed by atoms with van der Waals surface area (Å²) in [5.41, 5.74) is -0.193. The maximum absolute atomic E-state index is 12.7. The van der Waals surface area contributed by atoms with Crippen LogP contribution in [0.4, 0.5) is 5.69 Å². The fourth-order valence-corrected chi connectivity index (χ4v) is 5.19. The molecule has 0 aliphatic carbocycles. The highest BCUT2D eigenvalue weighted by atomic mass is 32.2. The summed E-state index contributed by atoms with van der Waals surface area (Å²) in [5, 5.41) is 21.1. The van der Waals surface area contributed by atoms with E-state index in [4.69, 9.17) is 4.74 Å². The summed E-state index contributed by atoms with van der Waals surface area (Å²) >= 11 is 0.711. The van der Waals surface area contributed by atoms with Crippen LogP contribution in [0.15, 0.2) is 52.2 Å². The molecule has 3 aromatic rings. The molecule has 0 fully saturated rings. The maximum atomic E-state index is 12.7. The molecule has 27 heavy (non-hydrogen) atoms. The van der Waals surface area contributed by atoms with Crippen LogP contribution in [-0.4, -0.2) is 25.6 Å². The number of phenols is 1. The van der Waals surface area contributed by atoms with E-state index < -0.39 is 25.3 Å². The zero-order chi connectivity index (χ0) is 19.8. The quantitative estimate of drug-likeness (QED) is 0.509. The SMILES string of the molecule is COc1ccc(CS(=O)(=O)c2cc3ccc(O)cc3sc2=O)cc1[N+](=O)[O-]. The summed E-state index contributed by atoms with van der Waals surface area (Å²) in [6, 6.07) is 9.36. The van der Waals surface area contributed by atoms with Crippen molar-refractivity contribution in [3.05, 3.63) is 67.7 Å². The first-order valence-corrected chi connectivity index (χ1v) is 9.99. The monoisotopic (exact) mass is 407 g/mol. The number of sulfone groups is 1. The van der Waals surface area contributed by atoms with Gasteiger partial charge in [0.1, 0.15) is 10.6 Å². The van der Waals surface area contributed by atoms with Gasteiger partial charge in [0.25, 0.3) is 4.74 Å². The average Bonchev–Trinajstić information content (AvgIpc) is 2.60. The number of aromatic hydroxyl groups is 1. The van der Waals surface area contributed by atoms with E-state index in [1.54, 1.807) is 0 Å². The Hall–Kier alpha value is -2.98. The Bertz CT molecular complexity index is 1220. The summed E-state index contributed by atoms with van der Waals surface area (Å²) in [6.07, 6.45) is 0. The van der Waals surface area contributed by atoms with Gasteiger partial charge in [-0.05, 0) is 41.3 Å². The predicted molar refractivity (Wildman–Crippen MR) is 100 cm³/mol. The van der Waals surface area contributed by atoms with Gasteiger partial charge in [0, 0.05) is 10.8 Å². The van der Waals surface area contributed by atoms with E-state index in [0.29, 0.717) is 21.4 Å². The van der Waals surface area contributed by atoms with E-state index >= 15 is 0 Å². The molecule has 8 nitrogen and oxygen atoms in total. The third-order valence-electron chi connectivity index (χ3n) is 3.82. The lowest BCUT2D eigenvalue weighted by Crippen LogP contribution is -2.14. The minimum Gasteiger partial charge on any atom is -0.508 e. The normalized spacial score (nSPS) is 11.4. The summed E-state index contributed by atoms with van der Waals surface area (Å²) in [5.74, 6) is -0.582. The lowest BCUT2D eigenvalue weighted by molar-refractivity contribution is -0.385.